The molecule has 0 bridgehead atoms. The first-order chi connectivity index (χ1) is 9.36. The van der Waals surface area contributed by atoms with E-state index in [-0.39, 0.29) is 11.6 Å². The lowest BCUT2D eigenvalue weighted by Gasteiger charge is -2.18. The van der Waals surface area contributed by atoms with Gasteiger partial charge in [0.15, 0.2) is 0 Å². The molecule has 0 unspecified atom stereocenters. The Morgan fingerprint density at radius 1 is 1.25 bits per heavy atom. The van der Waals surface area contributed by atoms with Crippen LogP contribution in [0.25, 0.3) is 0 Å². The van der Waals surface area contributed by atoms with Crippen LogP contribution in [0, 0.1) is 0 Å². The lowest BCUT2D eigenvalue weighted by molar-refractivity contribution is 0.355. The molecule has 0 aliphatic rings. The number of nitrogens with zero attached hydrogens (tertiary/aromatic N) is 2. The van der Waals surface area contributed by atoms with Crippen LogP contribution in [-0.2, 0) is 12.1 Å². The van der Waals surface area contributed by atoms with Crippen molar-refractivity contribution in [1.29, 1.82) is 0 Å². The van der Waals surface area contributed by atoms with Crippen LogP contribution in [-0.4, -0.2) is 9.78 Å². The highest BCUT2D eigenvalue weighted by Gasteiger charge is 2.14. The SMILES string of the molecule is C[C@@H](NCc1cnn(C(C)(C)C)c1)c1ccc(Cl)cc1. The minimum atomic E-state index is 0.0278. The molecular weight excluding hydrogens is 270 g/mol. The first-order valence-electron chi connectivity index (χ1n) is 6.89. The lowest BCUT2D eigenvalue weighted by atomic mass is 10.1. The molecule has 0 saturated carbocycles. The molecule has 1 aromatic carbocycles. The molecule has 0 saturated heterocycles. The summed E-state index contributed by atoms with van der Waals surface area (Å²) in [5, 5.41) is 8.68. The summed E-state index contributed by atoms with van der Waals surface area (Å²) in [5.74, 6) is 0. The van der Waals surface area contributed by atoms with Crippen molar-refractivity contribution < 1.29 is 0 Å². The molecule has 2 rings (SSSR count). The summed E-state index contributed by atoms with van der Waals surface area (Å²) in [7, 11) is 0. The first kappa shape index (κ1) is 15.1. The van der Waals surface area contributed by atoms with Crippen LogP contribution in [0.1, 0.15) is 44.9 Å². The van der Waals surface area contributed by atoms with Gasteiger partial charge >= 0.3 is 0 Å². The maximum atomic E-state index is 5.90. The number of rotatable bonds is 4. The molecule has 4 heteroatoms. The average Bonchev–Trinajstić information content (AvgIpc) is 2.85. The molecule has 0 fully saturated rings. The number of nitrogens with one attached hydrogen (secondary N) is 1. The smallest absolute Gasteiger partial charge is 0.0543 e. The minimum Gasteiger partial charge on any atom is -0.306 e. The van der Waals surface area contributed by atoms with Gasteiger partial charge in [0.05, 0.1) is 11.7 Å². The molecule has 3 nitrogen and oxygen atoms in total. The van der Waals surface area contributed by atoms with E-state index in [0.29, 0.717) is 0 Å². The Morgan fingerprint density at radius 2 is 1.90 bits per heavy atom. The van der Waals surface area contributed by atoms with E-state index in [1.54, 1.807) is 0 Å². The zero-order valence-electron chi connectivity index (χ0n) is 12.5. The summed E-state index contributed by atoms with van der Waals surface area (Å²) in [4.78, 5) is 0. The van der Waals surface area contributed by atoms with Crippen LogP contribution in [0.4, 0.5) is 0 Å². The minimum absolute atomic E-state index is 0.0278. The molecular formula is C16H22ClN3. The van der Waals surface area contributed by atoms with E-state index >= 15 is 0 Å². The molecule has 0 spiro atoms. The molecule has 0 amide bonds. The Balaban J connectivity index is 1.95. The zero-order chi connectivity index (χ0) is 14.8. The number of aromatic nitrogens is 2. The van der Waals surface area contributed by atoms with Gasteiger partial charge in [-0.3, -0.25) is 4.68 Å². The topological polar surface area (TPSA) is 29.9 Å². The van der Waals surface area contributed by atoms with E-state index < -0.39 is 0 Å². The molecule has 1 heterocycles. The maximum Gasteiger partial charge on any atom is 0.0543 e. The monoisotopic (exact) mass is 291 g/mol. The van der Waals surface area contributed by atoms with Gasteiger partial charge < -0.3 is 5.32 Å². The molecule has 0 aliphatic carbocycles. The molecule has 2 aromatic rings. The lowest BCUT2D eigenvalue weighted by Crippen LogP contribution is -2.22. The first-order valence-corrected chi connectivity index (χ1v) is 7.27. The number of halogens is 1. The average molecular weight is 292 g/mol. The quantitative estimate of drug-likeness (QED) is 0.917. The maximum absolute atomic E-state index is 5.90. The van der Waals surface area contributed by atoms with Crippen LogP contribution in [0.5, 0.6) is 0 Å². The van der Waals surface area contributed by atoms with Crippen molar-refractivity contribution in [2.75, 3.05) is 0 Å². The summed E-state index contributed by atoms with van der Waals surface area (Å²) < 4.78 is 2.00. The van der Waals surface area contributed by atoms with Gasteiger partial charge in [0, 0.05) is 29.4 Å². The largest absolute Gasteiger partial charge is 0.306 e. The molecule has 1 N–H and O–H groups in total. The summed E-state index contributed by atoms with van der Waals surface area (Å²) >= 11 is 5.90. The Bertz CT molecular complexity index is 552. The fourth-order valence-electron chi connectivity index (χ4n) is 1.96. The zero-order valence-corrected chi connectivity index (χ0v) is 13.3. The Morgan fingerprint density at radius 3 is 2.45 bits per heavy atom. The van der Waals surface area contributed by atoms with Crippen LogP contribution in [0.3, 0.4) is 0 Å². The number of benzene rings is 1. The second-order valence-electron chi connectivity index (χ2n) is 6.12. The Kier molecular flexibility index (Phi) is 4.51. The van der Waals surface area contributed by atoms with Gasteiger partial charge in [0.25, 0.3) is 0 Å². The van der Waals surface area contributed by atoms with Crippen molar-refractivity contribution in [2.45, 2.75) is 45.8 Å². The summed E-state index contributed by atoms with van der Waals surface area (Å²) in [6.07, 6.45) is 4.02. The van der Waals surface area contributed by atoms with E-state index in [0.717, 1.165) is 11.6 Å². The van der Waals surface area contributed by atoms with Gasteiger partial charge in [-0.2, -0.15) is 5.10 Å². The van der Waals surface area contributed by atoms with Crippen molar-refractivity contribution in [3.63, 3.8) is 0 Å². The molecule has 0 aliphatic heterocycles. The van der Waals surface area contributed by atoms with Crippen molar-refractivity contribution in [1.82, 2.24) is 15.1 Å². The third kappa shape index (κ3) is 3.84. The van der Waals surface area contributed by atoms with Crippen molar-refractivity contribution in [3.05, 3.63) is 52.8 Å². The summed E-state index contributed by atoms with van der Waals surface area (Å²) in [6.45, 7) is 9.39. The molecule has 0 radical (unpaired) electrons. The predicted molar refractivity (Wildman–Crippen MR) is 83.9 cm³/mol. The van der Waals surface area contributed by atoms with E-state index in [4.69, 9.17) is 11.6 Å². The van der Waals surface area contributed by atoms with Gasteiger partial charge in [-0.15, -0.1) is 0 Å². The molecule has 1 aromatic heterocycles. The molecule has 1 atom stereocenters. The van der Waals surface area contributed by atoms with E-state index in [1.807, 2.05) is 23.0 Å². The Hall–Kier alpha value is -1.32. The third-order valence-electron chi connectivity index (χ3n) is 3.31. The van der Waals surface area contributed by atoms with Gasteiger partial charge in [-0.1, -0.05) is 23.7 Å². The van der Waals surface area contributed by atoms with Gasteiger partial charge in [-0.05, 0) is 45.4 Å². The predicted octanol–water partition coefficient (Wildman–Crippen LogP) is 4.14. The normalized spacial score (nSPS) is 13.4. The highest BCUT2D eigenvalue weighted by Crippen LogP contribution is 2.17. The van der Waals surface area contributed by atoms with E-state index in [2.05, 4.69) is 56.4 Å². The number of hydrogen-bond donors (Lipinski definition) is 1. The third-order valence-corrected chi connectivity index (χ3v) is 3.56. The second kappa shape index (κ2) is 5.98. The Labute approximate surface area is 126 Å². The molecule has 20 heavy (non-hydrogen) atoms. The standard InChI is InChI=1S/C16H22ClN3/c1-12(14-5-7-15(17)8-6-14)18-9-13-10-19-20(11-13)16(2,3)4/h5-8,10-12,18H,9H2,1-4H3/t12-/m1/s1. The van der Waals surface area contributed by atoms with Gasteiger partial charge in [-0.25, -0.2) is 0 Å². The van der Waals surface area contributed by atoms with Crippen LogP contribution in [0.15, 0.2) is 36.7 Å². The highest BCUT2D eigenvalue weighted by atomic mass is 35.5. The fourth-order valence-corrected chi connectivity index (χ4v) is 2.08. The number of hydrogen-bond acceptors (Lipinski definition) is 2. The van der Waals surface area contributed by atoms with Crippen LogP contribution < -0.4 is 5.32 Å². The van der Waals surface area contributed by atoms with Crippen LogP contribution >= 0.6 is 11.6 Å². The van der Waals surface area contributed by atoms with Crippen molar-refractivity contribution >= 4 is 11.6 Å². The molecule has 108 valence electrons. The second-order valence-corrected chi connectivity index (χ2v) is 6.55. The fraction of sp³-hybridized carbons (Fsp3) is 0.438. The van der Waals surface area contributed by atoms with E-state index in [9.17, 15) is 0 Å². The van der Waals surface area contributed by atoms with Gasteiger partial charge in [0.2, 0.25) is 0 Å². The van der Waals surface area contributed by atoms with Crippen molar-refractivity contribution in [3.8, 4) is 0 Å². The summed E-state index contributed by atoms with van der Waals surface area (Å²) in [6, 6.07) is 8.24. The summed E-state index contributed by atoms with van der Waals surface area (Å²) in [5.41, 5.74) is 2.46. The highest BCUT2D eigenvalue weighted by molar-refractivity contribution is 6.30. The van der Waals surface area contributed by atoms with Crippen LogP contribution in [0.2, 0.25) is 5.02 Å². The van der Waals surface area contributed by atoms with Gasteiger partial charge in [0.1, 0.15) is 0 Å². The van der Waals surface area contributed by atoms with E-state index in [1.165, 1.54) is 11.1 Å². The van der Waals surface area contributed by atoms with Crippen molar-refractivity contribution in [2.24, 2.45) is 0 Å².